The number of hydrogen-bond donors (Lipinski definition) is 0. The SMILES string of the molecule is Cc1cc(-n2c(CCCl)nc3cc(Cl)ccc32)ccc1F. The Kier molecular flexibility index (Phi) is 3.87. The number of hydrogen-bond acceptors (Lipinski definition) is 1. The standard InChI is InChI=1S/C16H13Cl2FN2/c1-10-8-12(3-4-13(10)19)21-15-5-2-11(18)9-14(15)20-16(21)6-7-17/h2-5,8-9H,6-7H2,1H3. The lowest BCUT2D eigenvalue weighted by molar-refractivity contribution is 0.618. The Labute approximate surface area is 132 Å². The molecular formula is C16H13Cl2FN2. The predicted octanol–water partition coefficient (Wildman–Crippen LogP) is 4.91. The van der Waals surface area contributed by atoms with E-state index in [4.69, 9.17) is 23.2 Å². The van der Waals surface area contributed by atoms with Crippen molar-refractivity contribution >= 4 is 34.2 Å². The molecule has 1 aromatic heterocycles. The molecule has 0 fully saturated rings. The molecule has 3 aromatic rings. The summed E-state index contributed by atoms with van der Waals surface area (Å²) in [6.07, 6.45) is 0.629. The second-order valence-electron chi connectivity index (χ2n) is 4.87. The van der Waals surface area contributed by atoms with Gasteiger partial charge in [-0.05, 0) is 48.9 Å². The highest BCUT2D eigenvalue weighted by Crippen LogP contribution is 2.25. The van der Waals surface area contributed by atoms with E-state index in [1.54, 1.807) is 13.0 Å². The fraction of sp³-hybridized carbons (Fsp3) is 0.188. The fourth-order valence-electron chi connectivity index (χ4n) is 2.41. The van der Waals surface area contributed by atoms with Gasteiger partial charge in [-0.15, -0.1) is 11.6 Å². The number of benzene rings is 2. The maximum absolute atomic E-state index is 13.5. The van der Waals surface area contributed by atoms with Gasteiger partial charge in [-0.1, -0.05) is 11.6 Å². The van der Waals surface area contributed by atoms with E-state index in [1.807, 2.05) is 28.8 Å². The summed E-state index contributed by atoms with van der Waals surface area (Å²) in [6.45, 7) is 1.75. The van der Waals surface area contributed by atoms with Crippen molar-refractivity contribution in [2.45, 2.75) is 13.3 Å². The van der Waals surface area contributed by atoms with E-state index in [1.165, 1.54) is 6.07 Å². The lowest BCUT2D eigenvalue weighted by atomic mass is 10.2. The van der Waals surface area contributed by atoms with Gasteiger partial charge >= 0.3 is 0 Å². The molecule has 0 radical (unpaired) electrons. The first-order valence-corrected chi connectivity index (χ1v) is 7.51. The van der Waals surface area contributed by atoms with E-state index in [0.29, 0.717) is 22.9 Å². The van der Waals surface area contributed by atoms with Crippen LogP contribution in [0.15, 0.2) is 36.4 Å². The van der Waals surface area contributed by atoms with Crippen LogP contribution in [-0.4, -0.2) is 15.4 Å². The fourth-order valence-corrected chi connectivity index (χ4v) is 2.75. The average Bonchev–Trinajstić information content (AvgIpc) is 2.79. The molecule has 0 aliphatic carbocycles. The highest BCUT2D eigenvalue weighted by atomic mass is 35.5. The number of fused-ring (bicyclic) bond motifs is 1. The average molecular weight is 323 g/mol. The molecule has 5 heteroatoms. The second kappa shape index (κ2) is 5.66. The van der Waals surface area contributed by atoms with Gasteiger partial charge in [0, 0.05) is 23.0 Å². The zero-order valence-corrected chi connectivity index (χ0v) is 12.9. The van der Waals surface area contributed by atoms with Crippen molar-refractivity contribution in [3.8, 4) is 5.69 Å². The van der Waals surface area contributed by atoms with Crippen LogP contribution in [0.2, 0.25) is 5.02 Å². The summed E-state index contributed by atoms with van der Waals surface area (Å²) in [4.78, 5) is 4.59. The minimum atomic E-state index is -0.217. The highest BCUT2D eigenvalue weighted by molar-refractivity contribution is 6.31. The molecule has 0 aliphatic heterocycles. The van der Waals surface area contributed by atoms with Crippen molar-refractivity contribution in [2.75, 3.05) is 5.88 Å². The summed E-state index contributed by atoms with van der Waals surface area (Å²) >= 11 is 11.9. The van der Waals surface area contributed by atoms with E-state index in [0.717, 1.165) is 22.5 Å². The van der Waals surface area contributed by atoms with Crippen LogP contribution in [-0.2, 0) is 6.42 Å². The number of imidazole rings is 1. The molecule has 0 amide bonds. The van der Waals surface area contributed by atoms with Crippen LogP contribution < -0.4 is 0 Å². The van der Waals surface area contributed by atoms with Gasteiger partial charge in [-0.2, -0.15) is 0 Å². The van der Waals surface area contributed by atoms with E-state index >= 15 is 0 Å². The van der Waals surface area contributed by atoms with Gasteiger partial charge in [0.05, 0.1) is 11.0 Å². The number of rotatable bonds is 3. The Hall–Kier alpha value is -1.58. The molecule has 0 saturated heterocycles. The summed E-state index contributed by atoms with van der Waals surface area (Å²) in [6, 6.07) is 10.6. The van der Waals surface area contributed by atoms with E-state index in [2.05, 4.69) is 4.98 Å². The van der Waals surface area contributed by atoms with E-state index < -0.39 is 0 Å². The molecule has 0 bridgehead atoms. The van der Waals surface area contributed by atoms with Crippen LogP contribution in [0.3, 0.4) is 0 Å². The monoisotopic (exact) mass is 322 g/mol. The van der Waals surface area contributed by atoms with Crippen molar-refractivity contribution in [2.24, 2.45) is 0 Å². The van der Waals surface area contributed by atoms with Crippen molar-refractivity contribution in [3.63, 3.8) is 0 Å². The van der Waals surface area contributed by atoms with Crippen LogP contribution >= 0.6 is 23.2 Å². The van der Waals surface area contributed by atoms with E-state index in [-0.39, 0.29) is 5.82 Å². The van der Waals surface area contributed by atoms with Crippen LogP contribution in [0.5, 0.6) is 0 Å². The molecule has 0 atom stereocenters. The van der Waals surface area contributed by atoms with Crippen molar-refractivity contribution in [3.05, 3.63) is 58.6 Å². The lowest BCUT2D eigenvalue weighted by Crippen LogP contribution is -2.03. The quantitative estimate of drug-likeness (QED) is 0.626. The van der Waals surface area contributed by atoms with Crippen LogP contribution in [0.1, 0.15) is 11.4 Å². The Balaban J connectivity index is 2.27. The number of nitrogens with zero attached hydrogens (tertiary/aromatic N) is 2. The molecule has 21 heavy (non-hydrogen) atoms. The summed E-state index contributed by atoms with van der Waals surface area (Å²) in [5.74, 6) is 1.09. The Bertz CT molecular complexity index is 811. The Morgan fingerprint density at radius 3 is 2.71 bits per heavy atom. The Morgan fingerprint density at radius 1 is 1.19 bits per heavy atom. The first kappa shape index (κ1) is 14.4. The largest absolute Gasteiger partial charge is 0.296 e. The van der Waals surface area contributed by atoms with Gasteiger partial charge < -0.3 is 0 Å². The number of aromatic nitrogens is 2. The zero-order valence-electron chi connectivity index (χ0n) is 11.4. The zero-order chi connectivity index (χ0) is 15.0. The van der Waals surface area contributed by atoms with Crippen molar-refractivity contribution in [1.82, 2.24) is 9.55 Å². The predicted molar refractivity (Wildman–Crippen MR) is 85.2 cm³/mol. The van der Waals surface area contributed by atoms with Crippen LogP contribution in [0.4, 0.5) is 4.39 Å². The van der Waals surface area contributed by atoms with Gasteiger partial charge in [-0.25, -0.2) is 9.37 Å². The number of alkyl halides is 1. The van der Waals surface area contributed by atoms with E-state index in [9.17, 15) is 4.39 Å². The molecule has 3 rings (SSSR count). The topological polar surface area (TPSA) is 17.8 Å². The van der Waals surface area contributed by atoms with Gasteiger partial charge in [0.1, 0.15) is 11.6 Å². The molecule has 1 heterocycles. The molecule has 108 valence electrons. The lowest BCUT2D eigenvalue weighted by Gasteiger charge is -2.10. The van der Waals surface area contributed by atoms with Gasteiger partial charge in [0.25, 0.3) is 0 Å². The molecular weight excluding hydrogens is 310 g/mol. The molecule has 0 aliphatic rings. The van der Waals surface area contributed by atoms with Gasteiger partial charge in [0.15, 0.2) is 0 Å². The summed E-state index contributed by atoms with van der Waals surface area (Å²) in [5, 5.41) is 0.639. The van der Waals surface area contributed by atoms with Crippen LogP contribution in [0, 0.1) is 12.7 Å². The van der Waals surface area contributed by atoms with Crippen molar-refractivity contribution < 1.29 is 4.39 Å². The summed E-state index contributed by atoms with van der Waals surface area (Å²) in [7, 11) is 0. The highest BCUT2D eigenvalue weighted by Gasteiger charge is 2.13. The third-order valence-corrected chi connectivity index (χ3v) is 3.83. The first-order chi connectivity index (χ1) is 10.1. The number of halogens is 3. The molecule has 0 unspecified atom stereocenters. The maximum atomic E-state index is 13.5. The summed E-state index contributed by atoms with van der Waals surface area (Å²) < 4.78 is 15.5. The third-order valence-electron chi connectivity index (χ3n) is 3.40. The van der Waals surface area contributed by atoms with Crippen LogP contribution in [0.25, 0.3) is 16.7 Å². The van der Waals surface area contributed by atoms with Gasteiger partial charge in [0.2, 0.25) is 0 Å². The third kappa shape index (κ3) is 2.63. The van der Waals surface area contributed by atoms with Crippen molar-refractivity contribution in [1.29, 1.82) is 0 Å². The molecule has 2 nitrogen and oxygen atoms in total. The molecule has 0 saturated carbocycles. The molecule has 0 spiro atoms. The normalized spacial score (nSPS) is 11.2. The Morgan fingerprint density at radius 2 is 2.00 bits per heavy atom. The minimum absolute atomic E-state index is 0.217. The second-order valence-corrected chi connectivity index (χ2v) is 5.68. The maximum Gasteiger partial charge on any atom is 0.126 e. The van der Waals surface area contributed by atoms with Gasteiger partial charge in [-0.3, -0.25) is 4.57 Å². The molecule has 0 N–H and O–H groups in total. The smallest absolute Gasteiger partial charge is 0.126 e. The minimum Gasteiger partial charge on any atom is -0.296 e. The number of aryl methyl sites for hydroxylation is 2. The summed E-state index contributed by atoms with van der Waals surface area (Å²) in [5.41, 5.74) is 3.22. The molecule has 2 aromatic carbocycles. The first-order valence-electron chi connectivity index (χ1n) is 6.59.